The van der Waals surface area contributed by atoms with Crippen molar-refractivity contribution in [2.75, 3.05) is 0 Å². The molecule has 0 amide bonds. The lowest BCUT2D eigenvalue weighted by Gasteiger charge is -2.32. The fourth-order valence-corrected chi connectivity index (χ4v) is 2.64. The van der Waals surface area contributed by atoms with Crippen LogP contribution in [-0.2, 0) is 9.31 Å². The molecule has 120 valence electrons. The standard InChI is InChI=1S/C13H18BBrN2O5/c1-12(2)13(3,4)22-14(21-12)11(16)8-5-7(15)6-9(10(8)18)17(19)20/h5-6,11,18H,16H2,1-4H3/t11-/m1/s1. The maximum atomic E-state index is 11.0. The zero-order valence-electron chi connectivity index (χ0n) is 12.8. The molecule has 1 fully saturated rings. The lowest BCUT2D eigenvalue weighted by molar-refractivity contribution is -0.386. The summed E-state index contributed by atoms with van der Waals surface area (Å²) in [7, 11) is -0.815. The number of rotatable bonds is 3. The molecule has 0 unspecified atom stereocenters. The minimum atomic E-state index is -0.864. The van der Waals surface area contributed by atoms with E-state index in [4.69, 9.17) is 15.0 Å². The molecule has 1 aliphatic heterocycles. The van der Waals surface area contributed by atoms with Gasteiger partial charge >= 0.3 is 12.8 Å². The summed E-state index contributed by atoms with van der Waals surface area (Å²) >= 11 is 3.18. The number of nitrogens with zero attached hydrogens (tertiary/aromatic N) is 1. The van der Waals surface area contributed by atoms with Gasteiger partial charge in [-0.15, -0.1) is 0 Å². The van der Waals surface area contributed by atoms with Crippen LogP contribution in [0.15, 0.2) is 16.6 Å². The van der Waals surface area contributed by atoms with Gasteiger partial charge in [0.25, 0.3) is 0 Å². The van der Waals surface area contributed by atoms with Gasteiger partial charge in [0.05, 0.1) is 22.1 Å². The summed E-state index contributed by atoms with van der Waals surface area (Å²) in [6.07, 6.45) is 0. The topological polar surface area (TPSA) is 108 Å². The Morgan fingerprint density at radius 3 is 2.27 bits per heavy atom. The van der Waals surface area contributed by atoms with Gasteiger partial charge in [-0.25, -0.2) is 0 Å². The van der Waals surface area contributed by atoms with Gasteiger partial charge in [0.2, 0.25) is 0 Å². The van der Waals surface area contributed by atoms with E-state index in [9.17, 15) is 15.2 Å². The number of halogens is 1. The van der Waals surface area contributed by atoms with Crippen LogP contribution in [-0.4, -0.2) is 28.4 Å². The van der Waals surface area contributed by atoms with E-state index in [1.54, 1.807) is 0 Å². The van der Waals surface area contributed by atoms with Crippen LogP contribution in [0.5, 0.6) is 5.75 Å². The predicted octanol–water partition coefficient (Wildman–Crippen LogP) is 2.69. The Balaban J connectivity index is 2.39. The molecule has 1 aromatic carbocycles. The van der Waals surface area contributed by atoms with Gasteiger partial charge in [-0.05, 0) is 33.8 Å². The Labute approximate surface area is 137 Å². The molecule has 7 nitrogen and oxygen atoms in total. The number of nitro benzene ring substituents is 1. The van der Waals surface area contributed by atoms with Crippen molar-refractivity contribution in [2.24, 2.45) is 5.73 Å². The summed E-state index contributed by atoms with van der Waals surface area (Å²) in [5.41, 5.74) is 4.74. The molecule has 1 atom stereocenters. The number of nitro groups is 1. The van der Waals surface area contributed by atoms with Crippen molar-refractivity contribution < 1.29 is 19.3 Å². The number of phenolic OH excluding ortho intramolecular Hbond substituents is 1. The van der Waals surface area contributed by atoms with Gasteiger partial charge in [0.1, 0.15) is 0 Å². The van der Waals surface area contributed by atoms with Crippen molar-refractivity contribution in [3.8, 4) is 5.75 Å². The van der Waals surface area contributed by atoms with E-state index in [2.05, 4.69) is 15.9 Å². The summed E-state index contributed by atoms with van der Waals surface area (Å²) in [4.78, 5) is 10.3. The molecule has 0 aromatic heterocycles. The van der Waals surface area contributed by atoms with Gasteiger partial charge in [0, 0.05) is 16.1 Å². The molecule has 1 saturated heterocycles. The molecule has 0 radical (unpaired) electrons. The first-order chi connectivity index (χ1) is 9.96. The highest BCUT2D eigenvalue weighted by Crippen LogP contribution is 2.43. The molecule has 1 aliphatic rings. The molecule has 0 saturated carbocycles. The first-order valence-corrected chi connectivity index (χ1v) is 7.53. The summed E-state index contributed by atoms with van der Waals surface area (Å²) in [6.45, 7) is 7.51. The largest absolute Gasteiger partial charge is 0.502 e. The van der Waals surface area contributed by atoms with Gasteiger partial charge in [0.15, 0.2) is 5.75 Å². The highest BCUT2D eigenvalue weighted by Gasteiger charge is 2.54. The molecule has 1 aromatic rings. The second-order valence-corrected chi connectivity index (χ2v) is 7.19. The first-order valence-electron chi connectivity index (χ1n) is 6.74. The summed E-state index contributed by atoms with van der Waals surface area (Å²) in [5.74, 6) is -1.34. The molecular formula is C13H18BBrN2O5. The van der Waals surface area contributed by atoms with Crippen LogP contribution in [0.4, 0.5) is 5.69 Å². The molecule has 22 heavy (non-hydrogen) atoms. The zero-order valence-corrected chi connectivity index (χ0v) is 14.4. The second-order valence-electron chi connectivity index (χ2n) is 6.27. The Kier molecular flexibility index (Phi) is 4.29. The molecule has 0 aliphatic carbocycles. The lowest BCUT2D eigenvalue weighted by atomic mass is 9.74. The molecule has 9 heteroatoms. The summed E-state index contributed by atoms with van der Waals surface area (Å²) < 4.78 is 12.1. The Hall–Kier alpha value is -1.16. The summed E-state index contributed by atoms with van der Waals surface area (Å²) in [6, 6.07) is 2.74. The van der Waals surface area contributed by atoms with Crippen molar-refractivity contribution in [1.82, 2.24) is 0 Å². The number of hydrogen-bond donors (Lipinski definition) is 2. The van der Waals surface area contributed by atoms with Crippen molar-refractivity contribution in [1.29, 1.82) is 0 Å². The van der Waals surface area contributed by atoms with Crippen LogP contribution in [0.3, 0.4) is 0 Å². The highest BCUT2D eigenvalue weighted by molar-refractivity contribution is 9.10. The fourth-order valence-electron chi connectivity index (χ4n) is 2.18. The van der Waals surface area contributed by atoms with Crippen molar-refractivity contribution >= 4 is 28.7 Å². The van der Waals surface area contributed by atoms with Gasteiger partial charge in [-0.2, -0.15) is 0 Å². The van der Waals surface area contributed by atoms with Gasteiger partial charge in [-0.1, -0.05) is 15.9 Å². The summed E-state index contributed by atoms with van der Waals surface area (Å²) in [5, 5.41) is 21.1. The van der Waals surface area contributed by atoms with Crippen molar-refractivity contribution in [3.63, 3.8) is 0 Å². The Bertz CT molecular complexity index is 607. The van der Waals surface area contributed by atoms with Crippen molar-refractivity contribution in [3.05, 3.63) is 32.3 Å². The van der Waals surface area contributed by atoms with E-state index < -0.39 is 40.6 Å². The quantitative estimate of drug-likeness (QED) is 0.479. The van der Waals surface area contributed by atoms with Gasteiger partial charge in [-0.3, -0.25) is 10.1 Å². The van der Waals surface area contributed by atoms with Gasteiger partial charge < -0.3 is 20.1 Å². The normalized spacial score (nSPS) is 20.9. The maximum Gasteiger partial charge on any atom is 0.480 e. The number of phenols is 1. The third kappa shape index (κ3) is 2.86. The van der Waals surface area contributed by atoms with E-state index in [1.807, 2.05) is 27.7 Å². The average Bonchev–Trinajstić information content (AvgIpc) is 2.59. The second kappa shape index (κ2) is 5.49. The van der Waals surface area contributed by atoms with Crippen LogP contribution in [0.25, 0.3) is 0 Å². The van der Waals surface area contributed by atoms with Crippen LogP contribution in [0.1, 0.15) is 39.2 Å². The average molecular weight is 373 g/mol. The number of nitrogens with two attached hydrogens (primary N) is 1. The smallest absolute Gasteiger partial charge is 0.480 e. The minimum absolute atomic E-state index is 0.194. The molecular weight excluding hydrogens is 355 g/mol. The lowest BCUT2D eigenvalue weighted by Crippen LogP contribution is -2.41. The molecule has 0 bridgehead atoms. The molecule has 2 rings (SSSR count). The highest BCUT2D eigenvalue weighted by atomic mass is 79.9. The molecule has 1 heterocycles. The SMILES string of the molecule is CC1(C)OB([C@H](N)c2cc(Br)cc([N+](=O)[O-])c2O)OC1(C)C. The first kappa shape index (κ1) is 17.2. The maximum absolute atomic E-state index is 11.0. The third-order valence-corrected chi connectivity index (χ3v) is 4.66. The van der Waals surface area contributed by atoms with E-state index in [1.165, 1.54) is 12.1 Å². The number of aromatic hydroxyl groups is 1. The van der Waals surface area contributed by atoms with E-state index >= 15 is 0 Å². The minimum Gasteiger partial charge on any atom is -0.502 e. The van der Waals surface area contributed by atoms with Crippen LogP contribution in [0.2, 0.25) is 0 Å². The van der Waals surface area contributed by atoms with Crippen LogP contribution in [0, 0.1) is 10.1 Å². The predicted molar refractivity (Wildman–Crippen MR) is 85.5 cm³/mol. The fraction of sp³-hybridized carbons (Fsp3) is 0.538. The van der Waals surface area contributed by atoms with E-state index in [0.29, 0.717) is 4.47 Å². The third-order valence-electron chi connectivity index (χ3n) is 4.20. The van der Waals surface area contributed by atoms with Crippen LogP contribution < -0.4 is 5.73 Å². The zero-order chi connectivity index (χ0) is 16.9. The van der Waals surface area contributed by atoms with Crippen molar-refractivity contribution in [2.45, 2.75) is 44.8 Å². The molecule has 3 N–H and O–H groups in total. The number of hydrogen-bond acceptors (Lipinski definition) is 6. The molecule has 0 spiro atoms. The van der Waals surface area contributed by atoms with E-state index in [-0.39, 0.29) is 5.56 Å². The Morgan fingerprint density at radius 1 is 1.32 bits per heavy atom. The monoisotopic (exact) mass is 372 g/mol. The van der Waals surface area contributed by atoms with Crippen LogP contribution >= 0.6 is 15.9 Å². The number of benzene rings is 1. The Morgan fingerprint density at radius 2 is 1.82 bits per heavy atom. The van der Waals surface area contributed by atoms with E-state index in [0.717, 1.165) is 0 Å².